The molecule has 0 spiro atoms. The summed E-state index contributed by atoms with van der Waals surface area (Å²) in [5.74, 6) is 0. The van der Waals surface area contributed by atoms with Gasteiger partial charge in [-0.05, 0) is 24.4 Å². The van der Waals surface area contributed by atoms with E-state index in [1.807, 2.05) is 0 Å². The maximum atomic E-state index is 11.9. The molecule has 0 aliphatic heterocycles. The standard InChI is InChI=1S/C9H12ClN3O3S/c1-16-7-2-6(3-7)13-17(14,15)8-4-11-9(10)12-5-8/h4-7,13H,2-3H2,1H3. The average Bonchev–Trinajstić information content (AvgIpc) is 2.23. The van der Waals surface area contributed by atoms with E-state index in [4.69, 9.17) is 16.3 Å². The zero-order valence-electron chi connectivity index (χ0n) is 9.13. The molecule has 0 atom stereocenters. The predicted molar refractivity (Wildman–Crippen MR) is 61.2 cm³/mol. The Kier molecular flexibility index (Phi) is 3.62. The van der Waals surface area contributed by atoms with Crippen molar-refractivity contribution in [3.63, 3.8) is 0 Å². The molecule has 0 radical (unpaired) electrons. The molecule has 1 N–H and O–H groups in total. The summed E-state index contributed by atoms with van der Waals surface area (Å²) in [6.45, 7) is 0. The molecule has 1 saturated carbocycles. The number of hydrogen-bond acceptors (Lipinski definition) is 5. The maximum Gasteiger partial charge on any atom is 0.243 e. The number of aromatic nitrogens is 2. The summed E-state index contributed by atoms with van der Waals surface area (Å²) in [5.41, 5.74) is 0. The highest BCUT2D eigenvalue weighted by Crippen LogP contribution is 2.24. The van der Waals surface area contributed by atoms with Crippen molar-refractivity contribution in [3.05, 3.63) is 17.7 Å². The molecule has 1 fully saturated rings. The van der Waals surface area contributed by atoms with Crippen LogP contribution in [0.15, 0.2) is 17.3 Å². The summed E-state index contributed by atoms with van der Waals surface area (Å²) >= 11 is 5.49. The third-order valence-electron chi connectivity index (χ3n) is 2.66. The van der Waals surface area contributed by atoms with Gasteiger partial charge in [-0.25, -0.2) is 23.1 Å². The number of halogens is 1. The van der Waals surface area contributed by atoms with Crippen LogP contribution in [0.4, 0.5) is 0 Å². The number of nitrogens with one attached hydrogen (secondary N) is 1. The molecule has 1 heterocycles. The summed E-state index contributed by atoms with van der Waals surface area (Å²) < 4.78 is 31.4. The van der Waals surface area contributed by atoms with Crippen molar-refractivity contribution in [1.29, 1.82) is 0 Å². The van der Waals surface area contributed by atoms with Crippen LogP contribution in [0.5, 0.6) is 0 Å². The van der Waals surface area contributed by atoms with Gasteiger partial charge in [-0.3, -0.25) is 0 Å². The van der Waals surface area contributed by atoms with Crippen molar-refractivity contribution >= 4 is 21.6 Å². The summed E-state index contributed by atoms with van der Waals surface area (Å²) in [5, 5.41) is 0.0204. The Hall–Kier alpha value is -0.760. The van der Waals surface area contributed by atoms with Gasteiger partial charge in [0.25, 0.3) is 0 Å². The molecule has 0 aromatic carbocycles. The van der Waals surface area contributed by atoms with E-state index in [1.54, 1.807) is 7.11 Å². The molecule has 1 aromatic heterocycles. The van der Waals surface area contributed by atoms with E-state index >= 15 is 0 Å². The molecule has 94 valence electrons. The normalized spacial score (nSPS) is 24.4. The first-order valence-electron chi connectivity index (χ1n) is 5.04. The van der Waals surface area contributed by atoms with Crippen molar-refractivity contribution in [2.75, 3.05) is 7.11 Å². The van der Waals surface area contributed by atoms with E-state index in [0.717, 1.165) is 0 Å². The van der Waals surface area contributed by atoms with Gasteiger partial charge in [0, 0.05) is 13.2 Å². The van der Waals surface area contributed by atoms with E-state index in [-0.39, 0.29) is 22.3 Å². The fourth-order valence-electron chi connectivity index (χ4n) is 1.58. The Morgan fingerprint density at radius 1 is 1.41 bits per heavy atom. The number of ether oxygens (including phenoxy) is 1. The van der Waals surface area contributed by atoms with Crippen LogP contribution in [-0.2, 0) is 14.8 Å². The van der Waals surface area contributed by atoms with Crippen LogP contribution < -0.4 is 4.72 Å². The van der Waals surface area contributed by atoms with Gasteiger partial charge in [0.1, 0.15) is 4.90 Å². The third-order valence-corrected chi connectivity index (χ3v) is 4.33. The SMILES string of the molecule is COC1CC(NS(=O)(=O)c2cnc(Cl)nc2)C1. The van der Waals surface area contributed by atoms with E-state index in [2.05, 4.69) is 14.7 Å². The number of methoxy groups -OCH3 is 1. The zero-order valence-corrected chi connectivity index (χ0v) is 10.7. The molecule has 0 unspecified atom stereocenters. The lowest BCUT2D eigenvalue weighted by Crippen LogP contribution is -2.47. The molecule has 0 bridgehead atoms. The van der Waals surface area contributed by atoms with Gasteiger partial charge in [0.2, 0.25) is 15.3 Å². The topological polar surface area (TPSA) is 81.2 Å². The largest absolute Gasteiger partial charge is 0.381 e. The molecule has 1 aliphatic carbocycles. The minimum Gasteiger partial charge on any atom is -0.381 e. The molecular formula is C9H12ClN3O3S. The van der Waals surface area contributed by atoms with E-state index in [1.165, 1.54) is 12.4 Å². The second-order valence-corrected chi connectivity index (χ2v) is 5.89. The van der Waals surface area contributed by atoms with Crippen molar-refractivity contribution < 1.29 is 13.2 Å². The van der Waals surface area contributed by atoms with Gasteiger partial charge >= 0.3 is 0 Å². The number of nitrogens with zero attached hydrogens (tertiary/aromatic N) is 2. The van der Waals surface area contributed by atoms with Crippen LogP contribution >= 0.6 is 11.6 Å². The summed E-state index contributed by atoms with van der Waals surface area (Å²) in [6, 6.07) is -0.0828. The monoisotopic (exact) mass is 277 g/mol. The number of hydrogen-bond donors (Lipinski definition) is 1. The highest BCUT2D eigenvalue weighted by Gasteiger charge is 2.32. The Morgan fingerprint density at radius 2 is 2.00 bits per heavy atom. The average molecular weight is 278 g/mol. The van der Waals surface area contributed by atoms with E-state index in [9.17, 15) is 8.42 Å². The summed E-state index contributed by atoms with van der Waals surface area (Å²) in [7, 11) is -1.94. The quantitative estimate of drug-likeness (QED) is 0.815. The molecule has 1 aliphatic rings. The zero-order chi connectivity index (χ0) is 12.5. The minimum atomic E-state index is -3.56. The first kappa shape index (κ1) is 12.7. The van der Waals surface area contributed by atoms with Gasteiger partial charge in [-0.1, -0.05) is 0 Å². The van der Waals surface area contributed by atoms with Crippen molar-refractivity contribution in [2.24, 2.45) is 0 Å². The molecule has 0 saturated heterocycles. The molecule has 2 rings (SSSR count). The second-order valence-electron chi connectivity index (χ2n) is 3.84. The van der Waals surface area contributed by atoms with Crippen molar-refractivity contribution in [2.45, 2.75) is 29.9 Å². The number of sulfonamides is 1. The van der Waals surface area contributed by atoms with Crippen molar-refractivity contribution in [3.8, 4) is 0 Å². The highest BCUT2D eigenvalue weighted by molar-refractivity contribution is 7.89. The smallest absolute Gasteiger partial charge is 0.243 e. The van der Waals surface area contributed by atoms with Crippen LogP contribution in [0.2, 0.25) is 5.28 Å². The molecule has 0 amide bonds. The van der Waals surface area contributed by atoms with Crippen LogP contribution in [0.3, 0.4) is 0 Å². The Morgan fingerprint density at radius 3 is 2.53 bits per heavy atom. The van der Waals surface area contributed by atoms with Gasteiger partial charge in [0.15, 0.2) is 0 Å². The predicted octanol–water partition coefficient (Wildman–Crippen LogP) is 0.586. The van der Waals surface area contributed by atoms with Gasteiger partial charge in [0.05, 0.1) is 18.5 Å². The van der Waals surface area contributed by atoms with Gasteiger partial charge < -0.3 is 4.74 Å². The van der Waals surface area contributed by atoms with Gasteiger partial charge in [-0.15, -0.1) is 0 Å². The molecule has 6 nitrogen and oxygen atoms in total. The Balaban J connectivity index is 2.02. The Bertz CT molecular complexity index is 485. The molecular weight excluding hydrogens is 266 g/mol. The first-order chi connectivity index (χ1) is 8.01. The lowest BCUT2D eigenvalue weighted by atomic mass is 9.90. The number of rotatable bonds is 4. The first-order valence-corrected chi connectivity index (χ1v) is 6.90. The molecule has 8 heteroatoms. The summed E-state index contributed by atoms with van der Waals surface area (Å²) in [4.78, 5) is 7.29. The fraction of sp³-hybridized carbons (Fsp3) is 0.556. The lowest BCUT2D eigenvalue weighted by Gasteiger charge is -2.34. The van der Waals surface area contributed by atoms with Crippen LogP contribution in [0, 0.1) is 0 Å². The maximum absolute atomic E-state index is 11.9. The lowest BCUT2D eigenvalue weighted by molar-refractivity contribution is 0.0236. The van der Waals surface area contributed by atoms with Crippen LogP contribution in [0.1, 0.15) is 12.8 Å². The van der Waals surface area contributed by atoms with Crippen LogP contribution in [-0.4, -0.2) is 37.6 Å². The van der Waals surface area contributed by atoms with Crippen LogP contribution in [0.25, 0.3) is 0 Å². The second kappa shape index (κ2) is 4.85. The fourth-order valence-corrected chi connectivity index (χ4v) is 2.83. The molecule has 17 heavy (non-hydrogen) atoms. The van der Waals surface area contributed by atoms with Gasteiger partial charge in [-0.2, -0.15) is 0 Å². The minimum absolute atomic E-state index is 0.0165. The highest BCUT2D eigenvalue weighted by atomic mass is 35.5. The summed E-state index contributed by atoms with van der Waals surface area (Å²) in [6.07, 6.45) is 3.88. The van der Waals surface area contributed by atoms with E-state index in [0.29, 0.717) is 12.8 Å². The van der Waals surface area contributed by atoms with E-state index < -0.39 is 10.0 Å². The third kappa shape index (κ3) is 2.92. The molecule has 1 aromatic rings. The van der Waals surface area contributed by atoms with Crippen molar-refractivity contribution in [1.82, 2.24) is 14.7 Å². The Labute approximate surface area is 104 Å².